The summed E-state index contributed by atoms with van der Waals surface area (Å²) in [6.07, 6.45) is 0. The molecule has 0 aliphatic carbocycles. The molecule has 0 aromatic carbocycles. The summed E-state index contributed by atoms with van der Waals surface area (Å²) in [4.78, 5) is 30.8. The predicted molar refractivity (Wildman–Crippen MR) is 77.4 cm³/mol. The van der Waals surface area contributed by atoms with Crippen molar-refractivity contribution < 1.29 is 9.32 Å². The minimum atomic E-state index is -0.581. The van der Waals surface area contributed by atoms with E-state index in [-0.39, 0.29) is 11.5 Å². The first-order chi connectivity index (χ1) is 10.1. The number of aromatic amines is 1. The number of rotatable bonds is 3. The Balaban J connectivity index is 1.91. The molecular weight excluding hydrogens is 292 g/mol. The minimum absolute atomic E-state index is 0.0165. The SMILES string of the molecule is Cc1cc(NC(=O)c2cc(-c3cccs3)[nH]c(=O)n2)no1. The van der Waals surface area contributed by atoms with E-state index in [4.69, 9.17) is 4.52 Å². The Morgan fingerprint density at radius 3 is 2.95 bits per heavy atom. The van der Waals surface area contributed by atoms with Gasteiger partial charge in [0.25, 0.3) is 5.91 Å². The third-order valence-electron chi connectivity index (χ3n) is 2.63. The molecule has 2 N–H and O–H groups in total. The number of aromatic nitrogens is 3. The molecular formula is C13H10N4O3S. The number of nitrogens with one attached hydrogen (secondary N) is 2. The standard InChI is InChI=1S/C13H10N4O3S/c1-7-5-11(17-20-7)16-12(18)9-6-8(14-13(19)15-9)10-3-2-4-21-10/h2-6H,1H3,(H,14,15,19)(H,16,17,18). The maximum absolute atomic E-state index is 12.1. The molecule has 0 atom stereocenters. The third-order valence-corrected chi connectivity index (χ3v) is 3.54. The molecule has 3 aromatic rings. The quantitative estimate of drug-likeness (QED) is 0.771. The second kappa shape index (κ2) is 5.33. The lowest BCUT2D eigenvalue weighted by Crippen LogP contribution is -2.21. The van der Waals surface area contributed by atoms with E-state index in [9.17, 15) is 9.59 Å². The van der Waals surface area contributed by atoms with Crippen molar-refractivity contribution in [1.82, 2.24) is 15.1 Å². The summed E-state index contributed by atoms with van der Waals surface area (Å²) >= 11 is 1.46. The Labute approximate surface area is 122 Å². The fourth-order valence-electron chi connectivity index (χ4n) is 1.74. The number of anilines is 1. The van der Waals surface area contributed by atoms with Gasteiger partial charge in [-0.1, -0.05) is 11.2 Å². The van der Waals surface area contributed by atoms with Crippen LogP contribution in [0.2, 0.25) is 0 Å². The average molecular weight is 302 g/mol. The van der Waals surface area contributed by atoms with Crippen molar-refractivity contribution in [2.75, 3.05) is 5.32 Å². The van der Waals surface area contributed by atoms with Gasteiger partial charge in [-0.3, -0.25) is 4.79 Å². The van der Waals surface area contributed by atoms with Gasteiger partial charge >= 0.3 is 5.69 Å². The van der Waals surface area contributed by atoms with Crippen LogP contribution in [0.25, 0.3) is 10.6 Å². The lowest BCUT2D eigenvalue weighted by Gasteiger charge is -2.02. The van der Waals surface area contributed by atoms with Crippen LogP contribution in [0.3, 0.4) is 0 Å². The summed E-state index contributed by atoms with van der Waals surface area (Å²) in [6, 6.07) is 6.80. The minimum Gasteiger partial charge on any atom is -0.360 e. The van der Waals surface area contributed by atoms with Crippen LogP contribution in [0.15, 0.2) is 39.0 Å². The number of nitrogens with zero attached hydrogens (tertiary/aromatic N) is 2. The topological polar surface area (TPSA) is 101 Å². The van der Waals surface area contributed by atoms with Crippen LogP contribution in [0.5, 0.6) is 0 Å². The second-order valence-electron chi connectivity index (χ2n) is 4.24. The summed E-state index contributed by atoms with van der Waals surface area (Å²) < 4.78 is 4.86. The number of amides is 1. The highest BCUT2D eigenvalue weighted by atomic mass is 32.1. The predicted octanol–water partition coefficient (Wildman–Crippen LogP) is 2.05. The maximum Gasteiger partial charge on any atom is 0.346 e. The number of thiophene rings is 1. The number of hydrogen-bond donors (Lipinski definition) is 2. The van der Waals surface area contributed by atoms with Gasteiger partial charge < -0.3 is 14.8 Å². The molecule has 0 saturated heterocycles. The summed E-state index contributed by atoms with van der Waals surface area (Å²) in [5.41, 5.74) is -0.0170. The number of carbonyl (C=O) groups is 1. The van der Waals surface area contributed by atoms with Gasteiger partial charge in [0.1, 0.15) is 11.5 Å². The molecule has 0 spiro atoms. The Bertz CT molecular complexity index is 835. The number of hydrogen-bond acceptors (Lipinski definition) is 6. The normalized spacial score (nSPS) is 10.5. The molecule has 0 bridgehead atoms. The largest absolute Gasteiger partial charge is 0.360 e. The Kier molecular flexibility index (Phi) is 3.36. The van der Waals surface area contributed by atoms with Gasteiger partial charge in [-0.15, -0.1) is 11.3 Å². The monoisotopic (exact) mass is 302 g/mol. The molecule has 106 valence electrons. The molecule has 7 nitrogen and oxygen atoms in total. The van der Waals surface area contributed by atoms with Gasteiger partial charge in [0.15, 0.2) is 5.82 Å². The zero-order valence-corrected chi connectivity index (χ0v) is 11.7. The second-order valence-corrected chi connectivity index (χ2v) is 5.19. The van der Waals surface area contributed by atoms with E-state index in [0.717, 1.165) is 4.88 Å². The zero-order valence-electron chi connectivity index (χ0n) is 10.9. The van der Waals surface area contributed by atoms with Crippen molar-refractivity contribution in [3.8, 4) is 10.6 Å². The fourth-order valence-corrected chi connectivity index (χ4v) is 2.44. The first kappa shape index (κ1) is 13.3. The van der Waals surface area contributed by atoms with Crippen molar-refractivity contribution in [2.24, 2.45) is 0 Å². The van der Waals surface area contributed by atoms with E-state index in [0.29, 0.717) is 11.5 Å². The number of carbonyl (C=O) groups excluding carboxylic acids is 1. The first-order valence-corrected chi connectivity index (χ1v) is 6.90. The Morgan fingerprint density at radius 1 is 1.43 bits per heavy atom. The highest BCUT2D eigenvalue weighted by Crippen LogP contribution is 2.22. The fraction of sp³-hybridized carbons (Fsp3) is 0.0769. The summed E-state index contributed by atoms with van der Waals surface area (Å²) in [6.45, 7) is 1.71. The smallest absolute Gasteiger partial charge is 0.346 e. The molecule has 1 amide bonds. The third kappa shape index (κ3) is 2.90. The molecule has 0 saturated carbocycles. The molecule has 0 unspecified atom stereocenters. The highest BCUT2D eigenvalue weighted by Gasteiger charge is 2.13. The van der Waals surface area contributed by atoms with Crippen molar-refractivity contribution in [2.45, 2.75) is 6.92 Å². The van der Waals surface area contributed by atoms with Gasteiger partial charge in [-0.25, -0.2) is 4.79 Å². The van der Waals surface area contributed by atoms with E-state index in [1.165, 1.54) is 17.4 Å². The molecule has 3 rings (SSSR count). The molecule has 0 fully saturated rings. The van der Waals surface area contributed by atoms with Crippen LogP contribution in [0.4, 0.5) is 5.82 Å². The molecule has 8 heteroatoms. The molecule has 3 aromatic heterocycles. The van der Waals surface area contributed by atoms with E-state index < -0.39 is 11.6 Å². The van der Waals surface area contributed by atoms with Gasteiger partial charge in [0, 0.05) is 6.07 Å². The molecule has 0 aliphatic heterocycles. The van der Waals surface area contributed by atoms with E-state index in [1.807, 2.05) is 17.5 Å². The van der Waals surface area contributed by atoms with Crippen LogP contribution in [0.1, 0.15) is 16.2 Å². The average Bonchev–Trinajstić information content (AvgIpc) is 3.10. The first-order valence-electron chi connectivity index (χ1n) is 6.02. The lowest BCUT2D eigenvalue weighted by atomic mass is 10.2. The van der Waals surface area contributed by atoms with E-state index in [1.54, 1.807) is 13.0 Å². The van der Waals surface area contributed by atoms with Crippen molar-refractivity contribution in [1.29, 1.82) is 0 Å². The van der Waals surface area contributed by atoms with Crippen LogP contribution in [0, 0.1) is 6.92 Å². The molecule has 21 heavy (non-hydrogen) atoms. The van der Waals surface area contributed by atoms with Crippen LogP contribution in [-0.2, 0) is 0 Å². The van der Waals surface area contributed by atoms with Gasteiger partial charge in [-0.2, -0.15) is 4.98 Å². The maximum atomic E-state index is 12.1. The summed E-state index contributed by atoms with van der Waals surface area (Å²) in [7, 11) is 0. The summed E-state index contributed by atoms with van der Waals surface area (Å²) in [5, 5.41) is 8.06. The zero-order chi connectivity index (χ0) is 14.8. The summed E-state index contributed by atoms with van der Waals surface area (Å²) in [5.74, 6) is 0.327. The van der Waals surface area contributed by atoms with Crippen LogP contribution < -0.4 is 11.0 Å². The van der Waals surface area contributed by atoms with E-state index >= 15 is 0 Å². The molecule has 3 heterocycles. The van der Waals surface area contributed by atoms with Crippen LogP contribution >= 0.6 is 11.3 Å². The van der Waals surface area contributed by atoms with Crippen molar-refractivity contribution in [3.63, 3.8) is 0 Å². The molecule has 0 radical (unpaired) electrons. The number of H-pyrrole nitrogens is 1. The van der Waals surface area contributed by atoms with Gasteiger partial charge in [0.2, 0.25) is 0 Å². The Hall–Kier alpha value is -2.74. The lowest BCUT2D eigenvalue weighted by molar-refractivity contribution is 0.102. The highest BCUT2D eigenvalue weighted by molar-refractivity contribution is 7.13. The van der Waals surface area contributed by atoms with E-state index in [2.05, 4.69) is 20.4 Å². The van der Waals surface area contributed by atoms with Gasteiger partial charge in [0.05, 0.1) is 10.6 Å². The van der Waals surface area contributed by atoms with Crippen molar-refractivity contribution >= 4 is 23.1 Å². The molecule has 0 aliphatic rings. The van der Waals surface area contributed by atoms with Gasteiger partial charge in [-0.05, 0) is 24.4 Å². The Morgan fingerprint density at radius 2 is 2.29 bits per heavy atom. The van der Waals surface area contributed by atoms with Crippen molar-refractivity contribution in [3.05, 3.63) is 51.6 Å². The van der Waals surface area contributed by atoms with Crippen LogP contribution in [-0.4, -0.2) is 21.0 Å². The number of aryl methyl sites for hydroxylation is 1.